The molecule has 0 spiro atoms. The average molecular weight is 288 g/mol. The maximum atomic E-state index is 12.1. The van der Waals surface area contributed by atoms with Gasteiger partial charge in [0.1, 0.15) is 0 Å². The normalized spacial score (nSPS) is 33.2. The maximum Gasteiger partial charge on any atom is 0.211 e. The average Bonchev–Trinajstić information content (AvgIpc) is 2.37. The van der Waals surface area contributed by atoms with Crippen molar-refractivity contribution in [2.24, 2.45) is 17.8 Å². The van der Waals surface area contributed by atoms with Crippen molar-refractivity contribution < 1.29 is 8.42 Å². The van der Waals surface area contributed by atoms with Crippen LogP contribution >= 0.6 is 0 Å². The molecule has 5 heteroatoms. The second-order valence-corrected chi connectivity index (χ2v) is 8.33. The second kappa shape index (κ2) is 7.04. The first-order valence-electron chi connectivity index (χ1n) is 7.73. The fraction of sp³-hybridized carbons (Fsp3) is 1.00. The molecule has 2 aliphatic rings. The third-order valence-electron chi connectivity index (χ3n) is 4.49. The Bertz CT molecular complexity index is 364. The fourth-order valence-corrected chi connectivity index (χ4v) is 4.94. The first kappa shape index (κ1) is 15.3. The van der Waals surface area contributed by atoms with E-state index in [4.69, 9.17) is 0 Å². The van der Waals surface area contributed by atoms with E-state index in [-0.39, 0.29) is 5.92 Å². The minimum atomic E-state index is -3.09. The molecule has 2 rings (SSSR count). The predicted molar refractivity (Wildman–Crippen MR) is 78.5 cm³/mol. The van der Waals surface area contributed by atoms with E-state index in [1.54, 1.807) is 0 Å². The number of piperidine rings is 1. The summed E-state index contributed by atoms with van der Waals surface area (Å²) in [7, 11) is -3.09. The van der Waals surface area contributed by atoms with Crippen molar-refractivity contribution in [2.75, 3.05) is 25.4 Å². The molecule has 0 aromatic carbocycles. The van der Waals surface area contributed by atoms with Crippen molar-refractivity contribution in [2.45, 2.75) is 45.4 Å². The van der Waals surface area contributed by atoms with Gasteiger partial charge in [0.15, 0.2) is 0 Å². The van der Waals surface area contributed by atoms with Crippen LogP contribution in [0.5, 0.6) is 0 Å². The number of rotatable bonds is 5. The maximum absolute atomic E-state index is 12.1. The standard InChI is InChI=1S/C14H28N2O2S/c1-12-4-2-5-13(8-12)10-16-19(17,18)11-14-6-3-7-15-9-14/h12-16H,2-11H2,1H3. The highest BCUT2D eigenvalue weighted by Crippen LogP contribution is 2.28. The highest BCUT2D eigenvalue weighted by molar-refractivity contribution is 7.89. The van der Waals surface area contributed by atoms with E-state index in [0.717, 1.165) is 31.8 Å². The molecule has 1 heterocycles. The number of hydrogen-bond donors (Lipinski definition) is 2. The Labute approximate surface area is 117 Å². The number of nitrogens with one attached hydrogen (secondary N) is 2. The van der Waals surface area contributed by atoms with Crippen LogP contribution in [0.15, 0.2) is 0 Å². The SMILES string of the molecule is CC1CCCC(CNS(=O)(=O)CC2CCCNC2)C1. The van der Waals surface area contributed by atoms with Crippen LogP contribution in [-0.2, 0) is 10.0 Å². The van der Waals surface area contributed by atoms with E-state index in [2.05, 4.69) is 17.0 Å². The van der Waals surface area contributed by atoms with Crippen LogP contribution < -0.4 is 10.0 Å². The first-order valence-corrected chi connectivity index (χ1v) is 9.38. The molecule has 1 aliphatic carbocycles. The molecule has 19 heavy (non-hydrogen) atoms. The topological polar surface area (TPSA) is 58.2 Å². The van der Waals surface area contributed by atoms with Gasteiger partial charge in [-0.25, -0.2) is 13.1 Å². The van der Waals surface area contributed by atoms with Gasteiger partial charge in [-0.2, -0.15) is 0 Å². The molecule has 1 saturated heterocycles. The Balaban J connectivity index is 1.73. The van der Waals surface area contributed by atoms with Gasteiger partial charge in [0.05, 0.1) is 5.75 Å². The summed E-state index contributed by atoms with van der Waals surface area (Å²) < 4.78 is 27.0. The molecule has 1 saturated carbocycles. The molecular formula is C14H28N2O2S. The Morgan fingerprint density at radius 2 is 1.95 bits per heavy atom. The van der Waals surface area contributed by atoms with Crippen LogP contribution in [0, 0.1) is 17.8 Å². The zero-order valence-electron chi connectivity index (χ0n) is 12.0. The lowest BCUT2D eigenvalue weighted by Gasteiger charge is -2.27. The molecular weight excluding hydrogens is 260 g/mol. The summed E-state index contributed by atoms with van der Waals surface area (Å²) >= 11 is 0. The van der Waals surface area contributed by atoms with E-state index in [1.807, 2.05) is 0 Å². The van der Waals surface area contributed by atoms with Crippen LogP contribution in [0.1, 0.15) is 45.4 Å². The molecule has 0 radical (unpaired) electrons. The molecule has 2 N–H and O–H groups in total. The number of sulfonamides is 1. The second-order valence-electron chi connectivity index (χ2n) is 6.48. The third kappa shape index (κ3) is 5.40. The minimum Gasteiger partial charge on any atom is -0.316 e. The van der Waals surface area contributed by atoms with Gasteiger partial charge < -0.3 is 5.32 Å². The molecule has 2 fully saturated rings. The van der Waals surface area contributed by atoms with Crippen molar-refractivity contribution in [1.82, 2.24) is 10.0 Å². The van der Waals surface area contributed by atoms with Gasteiger partial charge in [0.2, 0.25) is 10.0 Å². The van der Waals surface area contributed by atoms with E-state index in [0.29, 0.717) is 18.2 Å². The zero-order valence-corrected chi connectivity index (χ0v) is 12.8. The summed E-state index contributed by atoms with van der Waals surface area (Å²) in [5.41, 5.74) is 0. The van der Waals surface area contributed by atoms with Gasteiger partial charge in [0, 0.05) is 6.54 Å². The van der Waals surface area contributed by atoms with Crippen molar-refractivity contribution in [3.8, 4) is 0 Å². The quantitative estimate of drug-likeness (QED) is 0.810. The molecule has 0 bridgehead atoms. The van der Waals surface area contributed by atoms with Crippen LogP contribution in [-0.4, -0.2) is 33.8 Å². The van der Waals surface area contributed by atoms with Gasteiger partial charge in [-0.1, -0.05) is 19.8 Å². The van der Waals surface area contributed by atoms with Gasteiger partial charge in [-0.3, -0.25) is 0 Å². The van der Waals surface area contributed by atoms with Gasteiger partial charge in [-0.05, 0) is 56.5 Å². The predicted octanol–water partition coefficient (Wildman–Crippen LogP) is 1.73. The largest absolute Gasteiger partial charge is 0.316 e. The lowest BCUT2D eigenvalue weighted by Crippen LogP contribution is -2.39. The molecule has 3 atom stereocenters. The van der Waals surface area contributed by atoms with E-state index >= 15 is 0 Å². The smallest absolute Gasteiger partial charge is 0.211 e. The van der Waals surface area contributed by atoms with E-state index in [1.165, 1.54) is 25.7 Å². The summed E-state index contributed by atoms with van der Waals surface area (Å²) in [6, 6.07) is 0. The Morgan fingerprint density at radius 3 is 2.63 bits per heavy atom. The van der Waals surface area contributed by atoms with Crippen molar-refractivity contribution in [3.05, 3.63) is 0 Å². The summed E-state index contributed by atoms with van der Waals surface area (Å²) in [5, 5.41) is 3.28. The lowest BCUT2D eigenvalue weighted by molar-refractivity contribution is 0.283. The molecule has 112 valence electrons. The van der Waals surface area contributed by atoms with E-state index < -0.39 is 10.0 Å². The van der Waals surface area contributed by atoms with Gasteiger partial charge in [0.25, 0.3) is 0 Å². The minimum absolute atomic E-state index is 0.288. The summed E-state index contributed by atoms with van der Waals surface area (Å²) in [6.45, 7) is 4.80. The van der Waals surface area contributed by atoms with Crippen LogP contribution in [0.2, 0.25) is 0 Å². The summed E-state index contributed by atoms with van der Waals surface area (Å²) in [4.78, 5) is 0. The highest BCUT2D eigenvalue weighted by atomic mass is 32.2. The van der Waals surface area contributed by atoms with E-state index in [9.17, 15) is 8.42 Å². The Morgan fingerprint density at radius 1 is 1.16 bits per heavy atom. The first-order chi connectivity index (χ1) is 9.05. The Kier molecular flexibility index (Phi) is 5.66. The summed E-state index contributed by atoms with van der Waals surface area (Å²) in [5.74, 6) is 1.88. The molecule has 3 unspecified atom stereocenters. The Hall–Kier alpha value is -0.130. The van der Waals surface area contributed by atoms with Crippen molar-refractivity contribution in [3.63, 3.8) is 0 Å². The molecule has 0 amide bonds. The highest BCUT2D eigenvalue weighted by Gasteiger charge is 2.24. The zero-order chi connectivity index (χ0) is 13.7. The van der Waals surface area contributed by atoms with Crippen molar-refractivity contribution >= 4 is 10.0 Å². The summed E-state index contributed by atoms with van der Waals surface area (Å²) in [6.07, 6.45) is 7.04. The van der Waals surface area contributed by atoms with Crippen LogP contribution in [0.3, 0.4) is 0 Å². The monoisotopic (exact) mass is 288 g/mol. The lowest BCUT2D eigenvalue weighted by atomic mass is 9.83. The van der Waals surface area contributed by atoms with Gasteiger partial charge in [-0.15, -0.1) is 0 Å². The van der Waals surface area contributed by atoms with Crippen molar-refractivity contribution in [1.29, 1.82) is 0 Å². The molecule has 0 aromatic heterocycles. The number of hydrogen-bond acceptors (Lipinski definition) is 3. The molecule has 1 aliphatic heterocycles. The molecule has 0 aromatic rings. The third-order valence-corrected chi connectivity index (χ3v) is 6.01. The van der Waals surface area contributed by atoms with Gasteiger partial charge >= 0.3 is 0 Å². The molecule has 4 nitrogen and oxygen atoms in total. The fourth-order valence-electron chi connectivity index (χ4n) is 3.43. The van der Waals surface area contributed by atoms with Crippen LogP contribution in [0.25, 0.3) is 0 Å². The van der Waals surface area contributed by atoms with Crippen LogP contribution in [0.4, 0.5) is 0 Å².